The maximum atomic E-state index is 5.77. The lowest BCUT2D eigenvalue weighted by Gasteiger charge is -2.04. The molecule has 0 N–H and O–H groups in total. The van der Waals surface area contributed by atoms with E-state index in [2.05, 4.69) is 13.2 Å². The highest BCUT2D eigenvalue weighted by atomic mass is 35.6. The fourth-order valence-electron chi connectivity index (χ4n) is 0.694. The van der Waals surface area contributed by atoms with Crippen molar-refractivity contribution in [1.29, 1.82) is 0 Å². The van der Waals surface area contributed by atoms with E-state index in [1.165, 1.54) is 0 Å². The second-order valence-electron chi connectivity index (χ2n) is 2.07. The van der Waals surface area contributed by atoms with Crippen LogP contribution in [0.25, 0.3) is 0 Å². The lowest BCUT2D eigenvalue weighted by atomic mass is 10.2. The number of hydrogen-bond acceptors (Lipinski definition) is 0. The molecule has 52 valence electrons. The molecule has 0 saturated heterocycles. The second-order valence-corrected chi connectivity index (χ2v) is 4.46. The Labute approximate surface area is 64.1 Å². The first kappa shape index (κ1) is 8.99. The minimum absolute atomic E-state index is 0.364. The monoisotopic (exact) mass is 160 g/mol. The Morgan fingerprint density at radius 2 is 1.78 bits per heavy atom. The van der Waals surface area contributed by atoms with E-state index in [9.17, 15) is 0 Å². The molecular formula is C7H13ClSi. The summed E-state index contributed by atoms with van der Waals surface area (Å²) in [4.78, 5) is 0. The molecule has 0 aromatic carbocycles. The predicted octanol–water partition coefficient (Wildman–Crippen LogP) is 2.25. The zero-order valence-electron chi connectivity index (χ0n) is 5.65. The van der Waals surface area contributed by atoms with Gasteiger partial charge in [-0.2, -0.15) is 11.1 Å². The number of hydrogen-bond donors (Lipinski definition) is 0. The van der Waals surface area contributed by atoms with E-state index in [1.807, 2.05) is 12.2 Å². The quantitative estimate of drug-likeness (QED) is 0.329. The molecule has 0 amide bonds. The Kier molecular flexibility index (Phi) is 6.10. The summed E-state index contributed by atoms with van der Waals surface area (Å²) in [6.07, 6.45) is 5.98. The van der Waals surface area contributed by atoms with Gasteiger partial charge in [0.05, 0.1) is 0 Å². The van der Waals surface area contributed by atoms with Gasteiger partial charge in [-0.1, -0.05) is 12.2 Å². The van der Waals surface area contributed by atoms with Crippen molar-refractivity contribution in [2.45, 2.75) is 18.4 Å². The Balaban J connectivity index is 3.39. The summed E-state index contributed by atoms with van der Waals surface area (Å²) < 4.78 is 0. The lowest BCUT2D eigenvalue weighted by Crippen LogP contribution is -1.93. The van der Waals surface area contributed by atoms with Crippen LogP contribution in [0.3, 0.4) is 0 Å². The molecular weight excluding hydrogens is 148 g/mol. The summed E-state index contributed by atoms with van der Waals surface area (Å²) in [6, 6.07) is 0. The summed E-state index contributed by atoms with van der Waals surface area (Å²) in [5.74, 6) is 0. The third kappa shape index (κ3) is 4.49. The highest BCUT2D eigenvalue weighted by Gasteiger charge is 2.01. The van der Waals surface area contributed by atoms with E-state index in [0.29, 0.717) is 5.54 Å². The van der Waals surface area contributed by atoms with Gasteiger partial charge in [-0.05, 0) is 18.4 Å². The van der Waals surface area contributed by atoms with Crippen molar-refractivity contribution in [2.75, 3.05) is 0 Å². The Morgan fingerprint density at radius 3 is 2.00 bits per heavy atom. The van der Waals surface area contributed by atoms with Crippen LogP contribution in [0, 0.1) is 0 Å². The smallest absolute Gasteiger partial charge is 0.129 e. The molecule has 0 unspecified atom stereocenters. The molecule has 9 heavy (non-hydrogen) atoms. The van der Waals surface area contributed by atoms with Crippen LogP contribution in [0.15, 0.2) is 25.3 Å². The van der Waals surface area contributed by atoms with Crippen molar-refractivity contribution < 1.29 is 0 Å². The molecule has 0 saturated carbocycles. The highest BCUT2D eigenvalue weighted by Crippen LogP contribution is 2.15. The molecule has 0 aliphatic rings. The van der Waals surface area contributed by atoms with Crippen LogP contribution in [0.5, 0.6) is 0 Å². The first-order valence-electron chi connectivity index (χ1n) is 3.12. The molecule has 0 bridgehead atoms. The minimum Gasteiger partial charge on any atom is -0.176 e. The maximum Gasteiger partial charge on any atom is 0.129 e. The molecule has 2 heteroatoms. The van der Waals surface area contributed by atoms with Crippen LogP contribution in [0.1, 0.15) is 12.8 Å². The van der Waals surface area contributed by atoms with Gasteiger partial charge in [-0.25, -0.2) is 0 Å². The van der Waals surface area contributed by atoms with Gasteiger partial charge in [0.2, 0.25) is 0 Å². The van der Waals surface area contributed by atoms with Crippen LogP contribution in [-0.4, -0.2) is 8.83 Å². The summed E-state index contributed by atoms with van der Waals surface area (Å²) >= 11 is 5.77. The molecule has 0 heterocycles. The predicted molar refractivity (Wildman–Crippen MR) is 47.8 cm³/mol. The molecule has 0 radical (unpaired) electrons. The van der Waals surface area contributed by atoms with Crippen molar-refractivity contribution in [3.8, 4) is 0 Å². The van der Waals surface area contributed by atoms with Crippen LogP contribution in [-0.2, 0) is 0 Å². The summed E-state index contributed by atoms with van der Waals surface area (Å²) in [7, 11) is -0.364. The third-order valence-corrected chi connectivity index (χ3v) is 3.63. The normalized spacial score (nSPS) is 10.9. The van der Waals surface area contributed by atoms with Gasteiger partial charge in [0, 0.05) is 0 Å². The average Bonchev–Trinajstić information content (AvgIpc) is 1.88. The van der Waals surface area contributed by atoms with Gasteiger partial charge in [-0.15, -0.1) is 13.2 Å². The minimum atomic E-state index is -0.364. The SMILES string of the molecule is C=CCC(CC=C)[SiH2]Cl. The standard InChI is InChI=1S/C7H13ClSi/c1-3-5-7(9-8)6-4-2/h3-4,7H,1-2,5-6,9H2. The van der Waals surface area contributed by atoms with Gasteiger partial charge in [0.1, 0.15) is 8.83 Å². The van der Waals surface area contributed by atoms with Crippen LogP contribution in [0.4, 0.5) is 0 Å². The lowest BCUT2D eigenvalue weighted by molar-refractivity contribution is 0.862. The van der Waals surface area contributed by atoms with E-state index in [1.54, 1.807) is 0 Å². The summed E-state index contributed by atoms with van der Waals surface area (Å²) in [5, 5.41) is 0. The Hall–Kier alpha value is -0.0131. The van der Waals surface area contributed by atoms with Crippen LogP contribution < -0.4 is 0 Å². The fraction of sp³-hybridized carbons (Fsp3) is 0.429. The largest absolute Gasteiger partial charge is 0.176 e. The summed E-state index contributed by atoms with van der Waals surface area (Å²) in [6.45, 7) is 7.32. The number of rotatable bonds is 5. The van der Waals surface area contributed by atoms with Gasteiger partial charge >= 0.3 is 0 Å². The number of allylic oxidation sites excluding steroid dienone is 2. The number of halogens is 1. The van der Waals surface area contributed by atoms with Gasteiger partial charge < -0.3 is 0 Å². The van der Waals surface area contributed by atoms with E-state index >= 15 is 0 Å². The molecule has 0 nitrogen and oxygen atoms in total. The maximum absolute atomic E-state index is 5.77. The van der Waals surface area contributed by atoms with E-state index in [-0.39, 0.29) is 8.83 Å². The van der Waals surface area contributed by atoms with Crippen molar-refractivity contribution in [3.63, 3.8) is 0 Å². The van der Waals surface area contributed by atoms with Crippen LogP contribution in [0.2, 0.25) is 5.54 Å². The zero-order valence-corrected chi connectivity index (χ0v) is 7.82. The zero-order chi connectivity index (χ0) is 7.11. The Bertz CT molecular complexity index is 80.9. The third-order valence-electron chi connectivity index (χ3n) is 1.22. The van der Waals surface area contributed by atoms with Crippen molar-refractivity contribution in [3.05, 3.63) is 25.3 Å². The molecule has 0 spiro atoms. The molecule has 0 rings (SSSR count). The van der Waals surface area contributed by atoms with Gasteiger partial charge in [0.15, 0.2) is 0 Å². The molecule has 0 aromatic heterocycles. The molecule has 0 aliphatic heterocycles. The topological polar surface area (TPSA) is 0 Å². The first-order chi connectivity index (χ1) is 4.35. The second kappa shape index (κ2) is 6.11. The van der Waals surface area contributed by atoms with Crippen LogP contribution >= 0.6 is 11.1 Å². The van der Waals surface area contributed by atoms with E-state index < -0.39 is 0 Å². The van der Waals surface area contributed by atoms with Crippen molar-refractivity contribution in [1.82, 2.24) is 0 Å². The molecule has 0 aliphatic carbocycles. The van der Waals surface area contributed by atoms with Crippen molar-refractivity contribution in [2.24, 2.45) is 0 Å². The molecule has 0 atom stereocenters. The average molecular weight is 161 g/mol. The molecule has 0 aromatic rings. The fourth-order valence-corrected chi connectivity index (χ4v) is 2.17. The first-order valence-corrected chi connectivity index (χ1v) is 6.08. The van der Waals surface area contributed by atoms with Crippen molar-refractivity contribution >= 4 is 19.9 Å². The van der Waals surface area contributed by atoms with E-state index in [0.717, 1.165) is 12.8 Å². The van der Waals surface area contributed by atoms with E-state index in [4.69, 9.17) is 11.1 Å². The van der Waals surface area contributed by atoms with Gasteiger partial charge in [-0.3, -0.25) is 0 Å². The Morgan fingerprint density at radius 1 is 1.33 bits per heavy atom. The van der Waals surface area contributed by atoms with Gasteiger partial charge in [0.25, 0.3) is 0 Å². The highest BCUT2D eigenvalue weighted by molar-refractivity contribution is 6.94. The summed E-state index contributed by atoms with van der Waals surface area (Å²) in [5.41, 5.74) is 0.682. The molecule has 0 fully saturated rings.